The maximum Gasteiger partial charge on any atom is 0.257 e. The molecule has 7 nitrogen and oxygen atoms in total. The van der Waals surface area contributed by atoms with Crippen molar-refractivity contribution in [2.45, 2.75) is 18.0 Å². The predicted molar refractivity (Wildman–Crippen MR) is 142 cm³/mol. The molecule has 0 radical (unpaired) electrons. The minimum absolute atomic E-state index is 0.101. The van der Waals surface area contributed by atoms with E-state index in [1.165, 1.54) is 12.1 Å². The van der Waals surface area contributed by atoms with Crippen molar-refractivity contribution in [3.05, 3.63) is 119 Å². The molecule has 5 aromatic rings. The Hall–Kier alpha value is -4.11. The van der Waals surface area contributed by atoms with Gasteiger partial charge in [-0.1, -0.05) is 66.7 Å². The summed E-state index contributed by atoms with van der Waals surface area (Å²) < 4.78 is 22.8. The van der Waals surface area contributed by atoms with E-state index >= 15 is 0 Å². The third-order valence-corrected chi connectivity index (χ3v) is 6.90. The van der Waals surface area contributed by atoms with E-state index in [9.17, 15) is 13.2 Å². The fourth-order valence-corrected chi connectivity index (χ4v) is 4.61. The molecule has 2 heterocycles. The van der Waals surface area contributed by atoms with Crippen LogP contribution in [0.15, 0.2) is 107 Å². The molecule has 8 heteroatoms. The largest absolute Gasteiger partial charge is 0.328 e. The number of hydrogen-bond donors (Lipinski definition) is 3. The second kappa shape index (κ2) is 9.87. The van der Waals surface area contributed by atoms with Gasteiger partial charge in [0.15, 0.2) is 0 Å². The normalized spacial score (nSPS) is 11.6. The smallest absolute Gasteiger partial charge is 0.257 e. The number of H-pyrrole nitrogens is 1. The number of pyridine rings is 2. The molecule has 4 N–H and O–H groups in total. The average molecular weight is 497 g/mol. The lowest BCUT2D eigenvalue weighted by molar-refractivity contribution is 0.597. The van der Waals surface area contributed by atoms with Crippen LogP contribution in [-0.2, 0) is 23.1 Å². The Bertz CT molecular complexity index is 1680. The number of nitrogens with zero attached hydrogens (tertiary/aromatic N) is 1. The van der Waals surface area contributed by atoms with Crippen LogP contribution in [0.1, 0.15) is 11.1 Å². The second-order valence-corrected chi connectivity index (χ2v) is 10.0. The summed E-state index contributed by atoms with van der Waals surface area (Å²) in [5.41, 5.74) is 6.20. The molecule has 0 aliphatic heterocycles. The van der Waals surface area contributed by atoms with E-state index in [0.29, 0.717) is 24.0 Å². The molecule has 36 heavy (non-hydrogen) atoms. The van der Waals surface area contributed by atoms with E-state index in [2.05, 4.69) is 10.3 Å². The van der Waals surface area contributed by atoms with Crippen LogP contribution in [0.4, 0.5) is 0 Å². The van der Waals surface area contributed by atoms with Gasteiger partial charge < -0.3 is 10.3 Å². The van der Waals surface area contributed by atoms with Crippen molar-refractivity contribution in [3.63, 3.8) is 0 Å². The molecule has 0 spiro atoms. The van der Waals surface area contributed by atoms with Gasteiger partial charge in [0.2, 0.25) is 10.0 Å². The first kappa shape index (κ1) is 23.6. The number of sulfonamides is 1. The SMILES string of the molecule is NS(=O)(=O)c1ccc(CNCc2ccc(-c3nc4cc[nH]c(=O)c4cc3-c3ccccc3)cc2)cc1. The number of hydrogen-bond acceptors (Lipinski definition) is 5. The number of aromatic nitrogens is 2. The molecule has 180 valence electrons. The van der Waals surface area contributed by atoms with E-state index < -0.39 is 10.0 Å². The highest BCUT2D eigenvalue weighted by Gasteiger charge is 2.13. The lowest BCUT2D eigenvalue weighted by Crippen LogP contribution is -2.14. The Labute approximate surface area is 208 Å². The zero-order chi connectivity index (χ0) is 25.1. The summed E-state index contributed by atoms with van der Waals surface area (Å²) in [6, 6.07) is 28.3. The first-order valence-electron chi connectivity index (χ1n) is 11.4. The van der Waals surface area contributed by atoms with Crippen LogP contribution in [0.5, 0.6) is 0 Å². The van der Waals surface area contributed by atoms with Crippen molar-refractivity contribution < 1.29 is 8.42 Å². The fraction of sp³-hybridized carbons (Fsp3) is 0.0714. The van der Waals surface area contributed by atoms with Crippen molar-refractivity contribution in [2.75, 3.05) is 0 Å². The monoisotopic (exact) mass is 496 g/mol. The Morgan fingerprint density at radius 3 is 2.08 bits per heavy atom. The van der Waals surface area contributed by atoms with Gasteiger partial charge in [0, 0.05) is 30.4 Å². The third kappa shape index (κ3) is 5.11. The van der Waals surface area contributed by atoms with Gasteiger partial charge in [0.25, 0.3) is 5.56 Å². The summed E-state index contributed by atoms with van der Waals surface area (Å²) in [6.07, 6.45) is 1.61. The van der Waals surface area contributed by atoms with Crippen LogP contribution < -0.4 is 16.0 Å². The fourth-order valence-electron chi connectivity index (χ4n) is 4.10. The zero-order valence-electron chi connectivity index (χ0n) is 19.3. The maximum absolute atomic E-state index is 12.4. The molecule has 0 amide bonds. The van der Waals surface area contributed by atoms with E-state index in [0.717, 1.165) is 33.5 Å². The topological polar surface area (TPSA) is 118 Å². The Morgan fingerprint density at radius 1 is 0.806 bits per heavy atom. The number of rotatable bonds is 7. The van der Waals surface area contributed by atoms with Crippen LogP contribution in [0.25, 0.3) is 33.3 Å². The van der Waals surface area contributed by atoms with Crippen molar-refractivity contribution in [2.24, 2.45) is 5.14 Å². The summed E-state index contributed by atoms with van der Waals surface area (Å²) in [5, 5.41) is 9.07. The predicted octanol–water partition coefficient (Wildman–Crippen LogP) is 4.19. The minimum atomic E-state index is -3.69. The molecule has 0 saturated heterocycles. The molecule has 0 aliphatic rings. The molecular weight excluding hydrogens is 472 g/mol. The Morgan fingerprint density at radius 2 is 1.44 bits per heavy atom. The second-order valence-electron chi connectivity index (χ2n) is 8.48. The van der Waals surface area contributed by atoms with Gasteiger partial charge in [-0.05, 0) is 41.0 Å². The summed E-state index contributed by atoms with van der Waals surface area (Å²) in [6.45, 7) is 1.23. The summed E-state index contributed by atoms with van der Waals surface area (Å²) >= 11 is 0. The molecule has 0 saturated carbocycles. The van der Waals surface area contributed by atoms with E-state index in [-0.39, 0.29) is 10.5 Å². The number of nitrogens with two attached hydrogens (primary N) is 1. The molecular formula is C28H24N4O3S. The van der Waals surface area contributed by atoms with Gasteiger partial charge >= 0.3 is 0 Å². The molecule has 0 fully saturated rings. The number of nitrogens with one attached hydrogen (secondary N) is 2. The van der Waals surface area contributed by atoms with Gasteiger partial charge in [0.05, 0.1) is 21.5 Å². The number of fused-ring (bicyclic) bond motifs is 1. The van der Waals surface area contributed by atoms with Gasteiger partial charge in [-0.3, -0.25) is 4.79 Å². The minimum Gasteiger partial charge on any atom is -0.328 e. The van der Waals surface area contributed by atoms with E-state index in [1.54, 1.807) is 18.3 Å². The van der Waals surface area contributed by atoms with Crippen LogP contribution in [0.3, 0.4) is 0 Å². The number of benzene rings is 3. The highest BCUT2D eigenvalue weighted by molar-refractivity contribution is 7.89. The molecule has 0 unspecified atom stereocenters. The number of aromatic amines is 1. The molecule has 0 bridgehead atoms. The Kier molecular flexibility index (Phi) is 6.47. The van der Waals surface area contributed by atoms with Crippen LogP contribution in [0, 0.1) is 0 Å². The molecule has 3 aromatic carbocycles. The van der Waals surface area contributed by atoms with E-state index in [4.69, 9.17) is 10.1 Å². The van der Waals surface area contributed by atoms with Crippen molar-refractivity contribution in [1.82, 2.24) is 15.3 Å². The van der Waals surface area contributed by atoms with E-state index in [1.807, 2.05) is 66.7 Å². The molecule has 0 aliphatic carbocycles. The van der Waals surface area contributed by atoms with Gasteiger partial charge in [0.1, 0.15) is 0 Å². The highest BCUT2D eigenvalue weighted by atomic mass is 32.2. The van der Waals surface area contributed by atoms with Gasteiger partial charge in [-0.25, -0.2) is 18.5 Å². The Balaban J connectivity index is 1.37. The third-order valence-electron chi connectivity index (χ3n) is 5.97. The molecule has 5 rings (SSSR count). The lowest BCUT2D eigenvalue weighted by atomic mass is 9.97. The first-order chi connectivity index (χ1) is 17.4. The summed E-state index contributed by atoms with van der Waals surface area (Å²) in [5.74, 6) is 0. The standard InChI is InChI=1S/C28H24N4O3S/c29-36(34,35)23-12-8-20(9-13-23)18-30-17-19-6-10-22(11-7-19)27-24(21-4-2-1-3-5-21)16-25-26(32-27)14-15-31-28(25)33/h1-16,30H,17-18H2,(H,31,33)(H2,29,34,35). The van der Waals surface area contributed by atoms with Crippen molar-refractivity contribution in [1.29, 1.82) is 0 Å². The average Bonchev–Trinajstić information content (AvgIpc) is 2.89. The number of primary sulfonamides is 1. The zero-order valence-corrected chi connectivity index (χ0v) is 20.1. The van der Waals surface area contributed by atoms with Gasteiger partial charge in [-0.15, -0.1) is 0 Å². The van der Waals surface area contributed by atoms with Crippen molar-refractivity contribution >= 4 is 20.9 Å². The maximum atomic E-state index is 12.4. The van der Waals surface area contributed by atoms with Crippen LogP contribution >= 0.6 is 0 Å². The first-order valence-corrected chi connectivity index (χ1v) is 12.9. The highest BCUT2D eigenvalue weighted by Crippen LogP contribution is 2.32. The lowest BCUT2D eigenvalue weighted by Gasteiger charge is -2.12. The van der Waals surface area contributed by atoms with Crippen LogP contribution in [0.2, 0.25) is 0 Å². The van der Waals surface area contributed by atoms with Crippen LogP contribution in [-0.4, -0.2) is 18.4 Å². The molecule has 2 aromatic heterocycles. The quantitative estimate of drug-likeness (QED) is 0.312. The summed E-state index contributed by atoms with van der Waals surface area (Å²) in [4.78, 5) is 20.1. The summed E-state index contributed by atoms with van der Waals surface area (Å²) in [7, 11) is -3.69. The van der Waals surface area contributed by atoms with Gasteiger partial charge in [-0.2, -0.15) is 0 Å². The van der Waals surface area contributed by atoms with Crippen molar-refractivity contribution in [3.8, 4) is 22.4 Å². The molecule has 0 atom stereocenters.